The lowest BCUT2D eigenvalue weighted by atomic mass is 10.4. The summed E-state index contributed by atoms with van der Waals surface area (Å²) in [5, 5.41) is 0. The average molecular weight is 226 g/mol. The second kappa shape index (κ2) is 5.32. The van der Waals surface area contributed by atoms with E-state index >= 15 is 0 Å². The number of nitrogens with zero attached hydrogens (tertiary/aromatic N) is 1. The Balaban J connectivity index is 2.66. The molecule has 2 N–H and O–H groups in total. The molecule has 0 unspecified atom stereocenters. The highest BCUT2D eigenvalue weighted by molar-refractivity contribution is 5.93. The summed E-state index contributed by atoms with van der Waals surface area (Å²) in [7, 11) is 2.75. The highest BCUT2D eigenvalue weighted by atomic mass is 16.5. The molecule has 0 spiro atoms. The third kappa shape index (κ3) is 2.83. The number of furan rings is 1. The SMILES string of the molecule is COC(=O)CN(C)C(=O)c1ccc(CN)o1. The number of carbonyl (C=O) groups is 2. The Morgan fingerprint density at radius 3 is 2.69 bits per heavy atom. The zero-order valence-electron chi connectivity index (χ0n) is 9.23. The number of ether oxygens (including phenoxy) is 1. The first-order valence-corrected chi connectivity index (χ1v) is 4.69. The Morgan fingerprint density at radius 2 is 2.19 bits per heavy atom. The van der Waals surface area contributed by atoms with Gasteiger partial charge in [0.1, 0.15) is 12.3 Å². The van der Waals surface area contributed by atoms with Crippen molar-refractivity contribution in [2.75, 3.05) is 20.7 Å². The van der Waals surface area contributed by atoms with Crippen molar-refractivity contribution in [2.45, 2.75) is 6.54 Å². The van der Waals surface area contributed by atoms with Crippen LogP contribution in [-0.4, -0.2) is 37.5 Å². The van der Waals surface area contributed by atoms with E-state index in [-0.39, 0.29) is 24.8 Å². The summed E-state index contributed by atoms with van der Waals surface area (Å²) in [5.41, 5.74) is 5.35. The summed E-state index contributed by atoms with van der Waals surface area (Å²) in [6.07, 6.45) is 0. The van der Waals surface area contributed by atoms with Gasteiger partial charge in [-0.15, -0.1) is 0 Å². The van der Waals surface area contributed by atoms with Gasteiger partial charge in [-0.1, -0.05) is 0 Å². The molecule has 1 aromatic rings. The molecule has 0 saturated heterocycles. The summed E-state index contributed by atoms with van der Waals surface area (Å²) >= 11 is 0. The van der Waals surface area contributed by atoms with E-state index in [1.807, 2.05) is 0 Å². The molecule has 0 aromatic carbocycles. The number of hydrogen-bond donors (Lipinski definition) is 1. The molecule has 16 heavy (non-hydrogen) atoms. The summed E-state index contributed by atoms with van der Waals surface area (Å²) in [6, 6.07) is 3.15. The fourth-order valence-electron chi connectivity index (χ4n) is 1.12. The molecule has 0 radical (unpaired) electrons. The fourth-order valence-corrected chi connectivity index (χ4v) is 1.12. The van der Waals surface area contributed by atoms with Crippen molar-refractivity contribution < 1.29 is 18.7 Å². The normalized spacial score (nSPS) is 9.94. The van der Waals surface area contributed by atoms with Gasteiger partial charge in [0.15, 0.2) is 5.76 Å². The second-order valence-corrected chi connectivity index (χ2v) is 3.21. The molecule has 1 heterocycles. The van der Waals surface area contributed by atoms with Gasteiger partial charge in [0.2, 0.25) is 0 Å². The first kappa shape index (κ1) is 12.3. The third-order valence-electron chi connectivity index (χ3n) is 2.01. The Morgan fingerprint density at radius 1 is 1.50 bits per heavy atom. The van der Waals surface area contributed by atoms with Gasteiger partial charge in [-0.2, -0.15) is 0 Å². The molecule has 1 aromatic heterocycles. The quantitative estimate of drug-likeness (QED) is 0.729. The number of esters is 1. The minimum absolute atomic E-state index is 0.117. The lowest BCUT2D eigenvalue weighted by Gasteiger charge is -2.13. The van der Waals surface area contributed by atoms with Crippen LogP contribution < -0.4 is 5.73 Å². The Labute approximate surface area is 93.0 Å². The van der Waals surface area contributed by atoms with E-state index in [1.54, 1.807) is 6.07 Å². The number of amides is 1. The number of nitrogens with two attached hydrogens (primary N) is 1. The van der Waals surface area contributed by atoms with E-state index in [4.69, 9.17) is 10.2 Å². The van der Waals surface area contributed by atoms with E-state index in [0.29, 0.717) is 5.76 Å². The van der Waals surface area contributed by atoms with Gasteiger partial charge in [0, 0.05) is 7.05 Å². The van der Waals surface area contributed by atoms with Crippen LogP contribution in [0.3, 0.4) is 0 Å². The molecule has 0 atom stereocenters. The second-order valence-electron chi connectivity index (χ2n) is 3.21. The molecule has 0 fully saturated rings. The summed E-state index contributed by atoms with van der Waals surface area (Å²) in [6.45, 7) is 0.113. The lowest BCUT2D eigenvalue weighted by molar-refractivity contribution is -0.141. The molecule has 0 aliphatic heterocycles. The topological polar surface area (TPSA) is 85.8 Å². The minimum Gasteiger partial charge on any atom is -0.468 e. The maximum Gasteiger partial charge on any atom is 0.325 e. The predicted octanol–water partition coefficient (Wildman–Crippen LogP) is -0.0167. The number of carbonyl (C=O) groups excluding carboxylic acids is 2. The van der Waals surface area contributed by atoms with Gasteiger partial charge in [-0.3, -0.25) is 9.59 Å². The number of methoxy groups -OCH3 is 1. The van der Waals surface area contributed by atoms with Gasteiger partial charge in [0.05, 0.1) is 13.7 Å². The van der Waals surface area contributed by atoms with E-state index in [1.165, 1.54) is 25.1 Å². The smallest absolute Gasteiger partial charge is 0.325 e. The van der Waals surface area contributed by atoms with Crippen molar-refractivity contribution in [1.29, 1.82) is 0 Å². The van der Waals surface area contributed by atoms with Crippen molar-refractivity contribution in [3.8, 4) is 0 Å². The van der Waals surface area contributed by atoms with Gasteiger partial charge in [-0.25, -0.2) is 0 Å². The monoisotopic (exact) mass is 226 g/mol. The maximum absolute atomic E-state index is 11.7. The van der Waals surface area contributed by atoms with Crippen molar-refractivity contribution in [3.05, 3.63) is 23.7 Å². The van der Waals surface area contributed by atoms with Crippen LogP contribution in [0.5, 0.6) is 0 Å². The minimum atomic E-state index is -0.485. The van der Waals surface area contributed by atoms with Crippen molar-refractivity contribution in [2.24, 2.45) is 5.73 Å². The van der Waals surface area contributed by atoms with Gasteiger partial charge in [0.25, 0.3) is 5.91 Å². The van der Waals surface area contributed by atoms with E-state index < -0.39 is 5.97 Å². The predicted molar refractivity (Wildman–Crippen MR) is 55.6 cm³/mol. The molecule has 0 bridgehead atoms. The number of likely N-dealkylation sites (N-methyl/N-ethyl adjacent to an activating group) is 1. The summed E-state index contributed by atoms with van der Waals surface area (Å²) < 4.78 is 9.61. The molecule has 6 nitrogen and oxygen atoms in total. The number of hydrogen-bond acceptors (Lipinski definition) is 5. The largest absolute Gasteiger partial charge is 0.468 e. The van der Waals surface area contributed by atoms with Gasteiger partial charge < -0.3 is 19.8 Å². The van der Waals surface area contributed by atoms with Crippen LogP contribution in [0.2, 0.25) is 0 Å². The Kier molecular flexibility index (Phi) is 4.07. The van der Waals surface area contributed by atoms with Crippen LogP contribution >= 0.6 is 0 Å². The molecule has 1 amide bonds. The first-order valence-electron chi connectivity index (χ1n) is 4.69. The molecular weight excluding hydrogens is 212 g/mol. The first-order chi connectivity index (χ1) is 7.58. The zero-order valence-corrected chi connectivity index (χ0v) is 9.23. The highest BCUT2D eigenvalue weighted by Crippen LogP contribution is 2.09. The van der Waals surface area contributed by atoms with Crippen LogP contribution in [0.15, 0.2) is 16.5 Å². The zero-order chi connectivity index (χ0) is 12.1. The maximum atomic E-state index is 11.7. The third-order valence-corrected chi connectivity index (χ3v) is 2.01. The van der Waals surface area contributed by atoms with Gasteiger partial charge >= 0.3 is 5.97 Å². The van der Waals surface area contributed by atoms with Crippen LogP contribution in [0, 0.1) is 0 Å². The number of rotatable bonds is 4. The summed E-state index contributed by atoms with van der Waals surface area (Å²) in [4.78, 5) is 23.9. The Hall–Kier alpha value is -1.82. The molecule has 88 valence electrons. The fraction of sp³-hybridized carbons (Fsp3) is 0.400. The summed E-state index contributed by atoms with van der Waals surface area (Å²) in [5.74, 6) is -0.187. The highest BCUT2D eigenvalue weighted by Gasteiger charge is 2.18. The van der Waals surface area contributed by atoms with E-state index in [9.17, 15) is 9.59 Å². The Bertz CT molecular complexity index is 386. The van der Waals surface area contributed by atoms with E-state index in [2.05, 4.69) is 4.74 Å². The van der Waals surface area contributed by atoms with Crippen molar-refractivity contribution in [1.82, 2.24) is 4.90 Å². The standard InChI is InChI=1S/C10H14N2O4/c1-12(6-9(13)15-2)10(14)8-4-3-7(5-11)16-8/h3-4H,5-6,11H2,1-2H3. The van der Waals surface area contributed by atoms with Crippen molar-refractivity contribution >= 4 is 11.9 Å². The molecule has 6 heteroatoms. The van der Waals surface area contributed by atoms with Crippen LogP contribution in [0.1, 0.15) is 16.3 Å². The van der Waals surface area contributed by atoms with Gasteiger partial charge in [-0.05, 0) is 12.1 Å². The molecule has 0 aliphatic carbocycles. The molecule has 0 saturated carbocycles. The van der Waals surface area contributed by atoms with Crippen molar-refractivity contribution in [3.63, 3.8) is 0 Å². The lowest BCUT2D eigenvalue weighted by Crippen LogP contribution is -2.32. The van der Waals surface area contributed by atoms with E-state index in [0.717, 1.165) is 0 Å². The molecule has 0 aliphatic rings. The average Bonchev–Trinajstić information content (AvgIpc) is 2.76. The van der Waals surface area contributed by atoms with Crippen LogP contribution in [0.25, 0.3) is 0 Å². The van der Waals surface area contributed by atoms with Crippen LogP contribution in [0.4, 0.5) is 0 Å². The van der Waals surface area contributed by atoms with Crippen LogP contribution in [-0.2, 0) is 16.1 Å². The molecular formula is C10H14N2O4. The molecule has 1 rings (SSSR count).